The molecule has 3 fully saturated rings. The largest absolute Gasteiger partial charge is 0.347 e. The quantitative estimate of drug-likeness (QED) is 0.766. The molecule has 1 spiro atoms. The van der Waals surface area contributed by atoms with E-state index >= 15 is 0 Å². The number of imidazole rings is 1. The van der Waals surface area contributed by atoms with E-state index in [2.05, 4.69) is 4.98 Å². The summed E-state index contributed by atoms with van der Waals surface area (Å²) in [5.41, 5.74) is 1.42. The third kappa shape index (κ3) is 3.03. The molecule has 152 valence electrons. The summed E-state index contributed by atoms with van der Waals surface area (Å²) < 4.78 is 13.5. The first-order valence-corrected chi connectivity index (χ1v) is 10.6. The lowest BCUT2D eigenvalue weighted by Gasteiger charge is -2.37. The SMILES string of the molecule is O=C(c1nc(C(=O)N2CCCC2)n2c1CCCC2)N1CCC2(CC1)OCCO2. The molecule has 4 aliphatic heterocycles. The number of ether oxygens (including phenoxy) is 2. The zero-order valence-electron chi connectivity index (χ0n) is 16.3. The molecule has 28 heavy (non-hydrogen) atoms. The second kappa shape index (κ2) is 7.15. The molecule has 0 aromatic carbocycles. The van der Waals surface area contributed by atoms with Gasteiger partial charge in [-0.15, -0.1) is 0 Å². The summed E-state index contributed by atoms with van der Waals surface area (Å²) in [7, 11) is 0. The monoisotopic (exact) mass is 388 g/mol. The molecule has 0 saturated carbocycles. The highest BCUT2D eigenvalue weighted by molar-refractivity contribution is 5.97. The zero-order chi connectivity index (χ0) is 19.1. The van der Waals surface area contributed by atoms with Crippen molar-refractivity contribution in [2.45, 2.75) is 57.3 Å². The van der Waals surface area contributed by atoms with Crippen molar-refractivity contribution in [2.75, 3.05) is 39.4 Å². The van der Waals surface area contributed by atoms with Gasteiger partial charge in [-0.2, -0.15) is 0 Å². The van der Waals surface area contributed by atoms with Crippen molar-refractivity contribution in [2.24, 2.45) is 0 Å². The van der Waals surface area contributed by atoms with Crippen LogP contribution in [0.5, 0.6) is 0 Å². The number of fused-ring (bicyclic) bond motifs is 1. The van der Waals surface area contributed by atoms with Gasteiger partial charge in [0, 0.05) is 45.6 Å². The number of carbonyl (C=O) groups is 2. The van der Waals surface area contributed by atoms with E-state index in [0.29, 0.717) is 50.7 Å². The Morgan fingerprint density at radius 3 is 2.18 bits per heavy atom. The Labute approximate surface area is 164 Å². The number of amides is 2. The highest BCUT2D eigenvalue weighted by Gasteiger charge is 2.42. The minimum Gasteiger partial charge on any atom is -0.347 e. The molecule has 8 heteroatoms. The number of aromatic nitrogens is 2. The number of piperidine rings is 1. The Hall–Kier alpha value is -1.93. The molecule has 0 N–H and O–H groups in total. The summed E-state index contributed by atoms with van der Waals surface area (Å²) in [6.45, 7) is 4.81. The Kier molecular flexibility index (Phi) is 4.63. The van der Waals surface area contributed by atoms with Crippen molar-refractivity contribution >= 4 is 11.8 Å². The molecule has 2 amide bonds. The Morgan fingerprint density at radius 1 is 0.821 bits per heavy atom. The molecule has 0 unspecified atom stereocenters. The summed E-state index contributed by atoms with van der Waals surface area (Å²) >= 11 is 0. The van der Waals surface area contributed by atoms with Crippen LogP contribution in [0.2, 0.25) is 0 Å². The van der Waals surface area contributed by atoms with Gasteiger partial charge in [-0.25, -0.2) is 4.98 Å². The molecular weight excluding hydrogens is 360 g/mol. The Bertz CT molecular complexity index is 767. The number of hydrogen-bond acceptors (Lipinski definition) is 5. The average molecular weight is 388 g/mol. The van der Waals surface area contributed by atoms with Crippen LogP contribution in [0.1, 0.15) is 65.3 Å². The van der Waals surface area contributed by atoms with E-state index in [9.17, 15) is 9.59 Å². The topological polar surface area (TPSA) is 76.9 Å². The second-order valence-electron chi connectivity index (χ2n) is 8.24. The van der Waals surface area contributed by atoms with E-state index in [0.717, 1.165) is 57.4 Å². The van der Waals surface area contributed by atoms with Crippen molar-refractivity contribution in [1.82, 2.24) is 19.4 Å². The lowest BCUT2D eigenvalue weighted by atomic mass is 10.0. The minimum atomic E-state index is -0.499. The summed E-state index contributed by atoms with van der Waals surface area (Å²) in [6, 6.07) is 0. The first-order chi connectivity index (χ1) is 13.7. The van der Waals surface area contributed by atoms with E-state index in [4.69, 9.17) is 9.47 Å². The van der Waals surface area contributed by atoms with Crippen molar-refractivity contribution in [1.29, 1.82) is 0 Å². The van der Waals surface area contributed by atoms with Crippen LogP contribution in [0.25, 0.3) is 0 Å². The van der Waals surface area contributed by atoms with Gasteiger partial charge in [0.15, 0.2) is 11.6 Å². The first kappa shape index (κ1) is 18.1. The molecule has 0 bridgehead atoms. The molecular formula is C20H28N4O4. The number of carbonyl (C=O) groups excluding carboxylic acids is 2. The van der Waals surface area contributed by atoms with Gasteiger partial charge in [-0.05, 0) is 32.1 Å². The van der Waals surface area contributed by atoms with Crippen LogP contribution in [-0.2, 0) is 22.4 Å². The van der Waals surface area contributed by atoms with E-state index < -0.39 is 5.79 Å². The number of likely N-dealkylation sites (tertiary alicyclic amines) is 2. The maximum Gasteiger partial charge on any atom is 0.289 e. The van der Waals surface area contributed by atoms with Gasteiger partial charge >= 0.3 is 0 Å². The molecule has 5 heterocycles. The maximum absolute atomic E-state index is 13.3. The van der Waals surface area contributed by atoms with Crippen LogP contribution < -0.4 is 0 Å². The van der Waals surface area contributed by atoms with E-state index in [1.165, 1.54) is 0 Å². The zero-order valence-corrected chi connectivity index (χ0v) is 16.3. The fourth-order valence-electron chi connectivity index (χ4n) is 4.93. The van der Waals surface area contributed by atoms with Crippen molar-refractivity contribution < 1.29 is 19.1 Å². The number of hydrogen-bond donors (Lipinski definition) is 0. The molecule has 1 aromatic heterocycles. The highest BCUT2D eigenvalue weighted by Crippen LogP contribution is 2.32. The van der Waals surface area contributed by atoms with Crippen LogP contribution in [0.3, 0.4) is 0 Å². The van der Waals surface area contributed by atoms with Crippen LogP contribution in [0.15, 0.2) is 0 Å². The van der Waals surface area contributed by atoms with E-state index in [1.54, 1.807) is 0 Å². The van der Waals surface area contributed by atoms with Crippen LogP contribution in [-0.4, -0.2) is 76.3 Å². The summed E-state index contributed by atoms with van der Waals surface area (Å²) in [5, 5.41) is 0. The second-order valence-corrected chi connectivity index (χ2v) is 8.24. The smallest absolute Gasteiger partial charge is 0.289 e. The van der Waals surface area contributed by atoms with Gasteiger partial charge in [0.1, 0.15) is 5.69 Å². The summed E-state index contributed by atoms with van der Waals surface area (Å²) in [4.78, 5) is 34.6. The lowest BCUT2D eigenvalue weighted by Crippen LogP contribution is -2.47. The lowest BCUT2D eigenvalue weighted by molar-refractivity contribution is -0.181. The van der Waals surface area contributed by atoms with Gasteiger partial charge in [-0.1, -0.05) is 0 Å². The molecule has 3 saturated heterocycles. The predicted octanol–water partition coefficient (Wildman–Crippen LogP) is 1.43. The molecule has 1 aromatic rings. The first-order valence-electron chi connectivity index (χ1n) is 10.6. The third-order valence-corrected chi connectivity index (χ3v) is 6.53. The van der Waals surface area contributed by atoms with Crippen molar-refractivity contribution in [3.05, 3.63) is 17.2 Å². The fraction of sp³-hybridized carbons (Fsp3) is 0.750. The third-order valence-electron chi connectivity index (χ3n) is 6.53. The molecule has 0 aliphatic carbocycles. The summed E-state index contributed by atoms with van der Waals surface area (Å²) in [6.07, 6.45) is 6.34. The van der Waals surface area contributed by atoms with Crippen LogP contribution in [0.4, 0.5) is 0 Å². The highest BCUT2D eigenvalue weighted by atomic mass is 16.7. The van der Waals surface area contributed by atoms with E-state index in [-0.39, 0.29) is 11.8 Å². The van der Waals surface area contributed by atoms with Gasteiger partial charge in [-0.3, -0.25) is 9.59 Å². The molecule has 0 atom stereocenters. The number of rotatable bonds is 2. The average Bonchev–Trinajstić information content (AvgIpc) is 3.48. The van der Waals surface area contributed by atoms with Gasteiger partial charge in [0.25, 0.3) is 11.8 Å². The maximum atomic E-state index is 13.3. The minimum absolute atomic E-state index is 0.0231. The van der Waals surface area contributed by atoms with Gasteiger partial charge < -0.3 is 23.8 Å². The molecule has 0 radical (unpaired) electrons. The Morgan fingerprint density at radius 2 is 1.46 bits per heavy atom. The molecule has 4 aliphatic rings. The van der Waals surface area contributed by atoms with Crippen LogP contribution in [0, 0.1) is 0 Å². The Balaban J connectivity index is 1.38. The van der Waals surface area contributed by atoms with Crippen molar-refractivity contribution in [3.63, 3.8) is 0 Å². The van der Waals surface area contributed by atoms with Crippen molar-refractivity contribution in [3.8, 4) is 0 Å². The summed E-state index contributed by atoms with van der Waals surface area (Å²) in [5.74, 6) is -0.124. The normalized spacial score (nSPS) is 24.0. The van der Waals surface area contributed by atoms with E-state index in [1.807, 2.05) is 14.4 Å². The van der Waals surface area contributed by atoms with Crippen LogP contribution >= 0.6 is 0 Å². The predicted molar refractivity (Wildman–Crippen MR) is 100 cm³/mol. The standard InChI is InChI=1S/C20H28N4O4/c25-18(23-11-6-20(7-12-23)27-13-14-28-20)16-15-5-1-2-10-24(15)17(21-16)19(26)22-8-3-4-9-22/h1-14H2. The molecule has 5 rings (SSSR count). The molecule has 8 nitrogen and oxygen atoms in total. The number of nitrogens with zero attached hydrogens (tertiary/aromatic N) is 4. The fourth-order valence-corrected chi connectivity index (χ4v) is 4.93. The van der Waals surface area contributed by atoms with Gasteiger partial charge in [0.05, 0.1) is 18.9 Å². The van der Waals surface area contributed by atoms with Gasteiger partial charge in [0.2, 0.25) is 0 Å².